The molecular formula is C16H14Cl2F6N6O2. The first-order chi connectivity index (χ1) is 14.8. The first-order valence-electron chi connectivity index (χ1n) is 8.98. The van der Waals surface area contributed by atoms with Crippen LogP contribution in [0.4, 0.5) is 38.2 Å². The molecule has 0 aromatic carbocycles. The third-order valence-electron chi connectivity index (χ3n) is 4.62. The van der Waals surface area contributed by atoms with E-state index in [0.29, 0.717) is 9.13 Å². The average Bonchev–Trinajstić information content (AvgIpc) is 2.65. The molecule has 0 radical (unpaired) electrons. The van der Waals surface area contributed by atoms with E-state index in [9.17, 15) is 35.9 Å². The van der Waals surface area contributed by atoms with Gasteiger partial charge >= 0.3 is 12.4 Å². The highest BCUT2D eigenvalue weighted by molar-refractivity contribution is 6.29. The fourth-order valence-electron chi connectivity index (χ4n) is 3.30. The number of alkyl halides is 6. The van der Waals surface area contributed by atoms with Crippen LogP contribution in [0.25, 0.3) is 0 Å². The molecule has 2 aromatic heterocycles. The molecule has 4 heterocycles. The zero-order valence-electron chi connectivity index (χ0n) is 15.8. The van der Waals surface area contributed by atoms with Crippen molar-refractivity contribution in [3.05, 3.63) is 43.1 Å². The van der Waals surface area contributed by atoms with Crippen molar-refractivity contribution in [2.45, 2.75) is 37.3 Å². The maximum Gasteiger partial charge on any atom is 0.409 e. The van der Waals surface area contributed by atoms with Crippen molar-refractivity contribution in [3.63, 3.8) is 0 Å². The minimum absolute atomic E-state index is 0.108. The predicted molar refractivity (Wildman–Crippen MR) is 103 cm³/mol. The number of hydrogen-bond acceptors (Lipinski definition) is 6. The first-order valence-corrected chi connectivity index (χ1v) is 9.74. The van der Waals surface area contributed by atoms with E-state index in [1.165, 1.54) is 0 Å². The zero-order chi connectivity index (χ0) is 23.8. The van der Waals surface area contributed by atoms with Crippen LogP contribution in [0.1, 0.15) is 24.9 Å². The molecular weight excluding hydrogens is 493 g/mol. The van der Waals surface area contributed by atoms with E-state index in [1.807, 2.05) is 0 Å². The normalized spacial score (nSPS) is 20.1. The Morgan fingerprint density at radius 3 is 1.44 bits per heavy atom. The minimum atomic E-state index is -4.46. The number of rotatable bonds is 0. The van der Waals surface area contributed by atoms with Crippen molar-refractivity contribution in [1.82, 2.24) is 19.1 Å². The summed E-state index contributed by atoms with van der Waals surface area (Å²) in [5.41, 5.74) is -1.60. The smallest absolute Gasteiger partial charge is 0.355 e. The summed E-state index contributed by atoms with van der Waals surface area (Å²) in [6.45, 7) is 0.216. The van der Waals surface area contributed by atoms with Crippen molar-refractivity contribution in [3.8, 4) is 0 Å². The first kappa shape index (κ1) is 24.2. The fraction of sp³-hybridized carbons (Fsp3) is 0.500. The van der Waals surface area contributed by atoms with E-state index in [2.05, 4.69) is 20.6 Å². The Labute approximate surface area is 185 Å². The van der Waals surface area contributed by atoms with E-state index < -0.39 is 35.6 Å². The van der Waals surface area contributed by atoms with E-state index in [1.54, 1.807) is 0 Å². The molecule has 8 nitrogen and oxygen atoms in total. The van der Waals surface area contributed by atoms with E-state index >= 15 is 0 Å². The Hall–Kier alpha value is -2.48. The Morgan fingerprint density at radius 2 is 1.12 bits per heavy atom. The van der Waals surface area contributed by atoms with Crippen LogP contribution < -0.4 is 21.8 Å². The molecule has 2 atom stereocenters. The van der Waals surface area contributed by atoms with Gasteiger partial charge in [0.05, 0.1) is 0 Å². The lowest BCUT2D eigenvalue weighted by atomic mass is 10.1. The van der Waals surface area contributed by atoms with Gasteiger partial charge in [-0.3, -0.25) is 18.7 Å². The van der Waals surface area contributed by atoms with Gasteiger partial charge in [0.25, 0.3) is 11.1 Å². The maximum atomic E-state index is 12.7. The molecule has 2 aromatic rings. The topological polar surface area (TPSA) is 93.8 Å². The van der Waals surface area contributed by atoms with Crippen LogP contribution in [0.15, 0.2) is 21.7 Å². The van der Waals surface area contributed by atoms with Gasteiger partial charge in [-0.2, -0.15) is 26.3 Å². The highest BCUT2D eigenvalue weighted by Gasteiger charge is 2.44. The molecule has 0 spiro atoms. The Kier molecular flexibility index (Phi) is 6.65. The predicted octanol–water partition coefficient (Wildman–Crippen LogP) is 3.63. The van der Waals surface area contributed by atoms with Crippen LogP contribution >= 0.6 is 23.2 Å². The minimum Gasteiger partial charge on any atom is -0.355 e. The number of nitrogens with zero attached hydrogens (tertiary/aromatic N) is 4. The second kappa shape index (κ2) is 8.81. The summed E-state index contributed by atoms with van der Waals surface area (Å²) in [6, 6.07) is -1.92. The molecule has 0 fully saturated rings. The van der Waals surface area contributed by atoms with Gasteiger partial charge in [0, 0.05) is 25.2 Å². The molecule has 176 valence electrons. The van der Waals surface area contributed by atoms with Crippen molar-refractivity contribution in [2.75, 3.05) is 23.7 Å². The molecule has 4 rings (SSSR count). The van der Waals surface area contributed by atoms with Gasteiger partial charge in [-0.25, -0.2) is 9.97 Å². The lowest BCUT2D eigenvalue weighted by Gasteiger charge is -2.29. The molecule has 2 aliphatic rings. The highest BCUT2D eigenvalue weighted by Crippen LogP contribution is 2.36. The fourth-order valence-corrected chi connectivity index (χ4v) is 3.64. The molecule has 0 aliphatic carbocycles. The summed E-state index contributed by atoms with van der Waals surface area (Å²) in [4.78, 5) is 30.2. The third kappa shape index (κ3) is 5.11. The van der Waals surface area contributed by atoms with E-state index in [-0.39, 0.29) is 48.1 Å². The molecule has 32 heavy (non-hydrogen) atoms. The van der Waals surface area contributed by atoms with Crippen LogP contribution in [0.2, 0.25) is 10.3 Å². The Balaban J connectivity index is 0.000000181. The zero-order valence-corrected chi connectivity index (χ0v) is 17.3. The number of nitrogens with one attached hydrogen (secondary N) is 2. The molecule has 16 heteroatoms. The van der Waals surface area contributed by atoms with Gasteiger partial charge in [-0.05, 0) is 12.8 Å². The van der Waals surface area contributed by atoms with Gasteiger partial charge in [0.15, 0.2) is 0 Å². The van der Waals surface area contributed by atoms with E-state index in [4.69, 9.17) is 23.2 Å². The SMILES string of the molecule is O=c1cc(Cl)nc2n1[C@@H](C(F)(F)F)CCN2.O=c1cc(Cl)nc2n1[C@H](C(F)(F)F)CCN2. The van der Waals surface area contributed by atoms with Gasteiger partial charge in [0.1, 0.15) is 22.4 Å². The van der Waals surface area contributed by atoms with Crippen LogP contribution in [0.5, 0.6) is 0 Å². The second-order valence-electron chi connectivity index (χ2n) is 6.77. The number of aromatic nitrogens is 4. The van der Waals surface area contributed by atoms with Crippen LogP contribution in [-0.2, 0) is 0 Å². The van der Waals surface area contributed by atoms with Crippen LogP contribution in [0.3, 0.4) is 0 Å². The molecule has 2 N–H and O–H groups in total. The summed E-state index contributed by atoms with van der Waals surface area (Å²) in [7, 11) is 0. The second-order valence-corrected chi connectivity index (χ2v) is 7.54. The lowest BCUT2D eigenvalue weighted by molar-refractivity contribution is -0.170. The Morgan fingerprint density at radius 1 is 0.781 bits per heavy atom. The largest absolute Gasteiger partial charge is 0.409 e. The lowest BCUT2D eigenvalue weighted by Crippen LogP contribution is -2.40. The maximum absolute atomic E-state index is 12.7. The number of anilines is 2. The summed E-state index contributed by atoms with van der Waals surface area (Å²) >= 11 is 11.0. The van der Waals surface area contributed by atoms with Gasteiger partial charge < -0.3 is 10.6 Å². The average molecular weight is 507 g/mol. The molecule has 0 saturated carbocycles. The summed E-state index contributed by atoms with van der Waals surface area (Å²) < 4.78 is 77.1. The van der Waals surface area contributed by atoms with E-state index in [0.717, 1.165) is 12.1 Å². The molecule has 0 saturated heterocycles. The van der Waals surface area contributed by atoms with Crippen LogP contribution in [0, 0.1) is 0 Å². The van der Waals surface area contributed by atoms with Crippen molar-refractivity contribution in [2.24, 2.45) is 0 Å². The van der Waals surface area contributed by atoms with Gasteiger partial charge in [0.2, 0.25) is 11.9 Å². The monoisotopic (exact) mass is 506 g/mol. The number of halogens is 8. The van der Waals surface area contributed by atoms with Crippen molar-refractivity contribution in [1.29, 1.82) is 0 Å². The van der Waals surface area contributed by atoms with Crippen LogP contribution in [-0.4, -0.2) is 44.5 Å². The molecule has 0 bridgehead atoms. The third-order valence-corrected chi connectivity index (χ3v) is 5.01. The Bertz CT molecular complexity index is 1030. The standard InChI is InChI=1S/2C8H7ClF3N3O/c2*9-5-3-6(16)15-4(8(10,11)12)1-2-13-7(15)14-5/h2*3-4H,1-2H2,(H,13,14)/t2*4-/m10/s1. The number of hydrogen-bond donors (Lipinski definition) is 2. The molecule has 0 unspecified atom stereocenters. The van der Waals surface area contributed by atoms with Gasteiger partial charge in [-0.15, -0.1) is 0 Å². The number of fused-ring (bicyclic) bond motifs is 2. The summed E-state index contributed by atoms with van der Waals surface area (Å²) in [6.07, 6.45) is -9.31. The quantitative estimate of drug-likeness (QED) is 0.418. The van der Waals surface area contributed by atoms with Crippen molar-refractivity contribution < 1.29 is 26.3 Å². The summed E-state index contributed by atoms with van der Waals surface area (Å²) in [5, 5.41) is 4.99. The van der Waals surface area contributed by atoms with Crippen molar-refractivity contribution >= 4 is 35.1 Å². The molecule has 2 aliphatic heterocycles. The summed E-state index contributed by atoms with van der Waals surface area (Å²) in [5.74, 6) is -0.267. The highest BCUT2D eigenvalue weighted by atomic mass is 35.5. The molecule has 0 amide bonds. The van der Waals surface area contributed by atoms with Gasteiger partial charge in [-0.1, -0.05) is 23.2 Å².